The van der Waals surface area contributed by atoms with Crippen molar-refractivity contribution in [3.05, 3.63) is 29.8 Å². The van der Waals surface area contributed by atoms with E-state index >= 15 is 0 Å². The van der Waals surface area contributed by atoms with Gasteiger partial charge in [-0.05, 0) is 34.9 Å². The first-order valence-corrected chi connectivity index (χ1v) is 9.23. The van der Waals surface area contributed by atoms with E-state index < -0.39 is 0 Å². The van der Waals surface area contributed by atoms with Crippen molar-refractivity contribution < 1.29 is 14.2 Å². The molecule has 0 bridgehead atoms. The van der Waals surface area contributed by atoms with Crippen molar-refractivity contribution in [1.82, 2.24) is 0 Å². The lowest BCUT2D eigenvalue weighted by atomic mass is 9.72. The summed E-state index contributed by atoms with van der Waals surface area (Å²) < 4.78 is 16.4. The maximum Gasteiger partial charge on any atom is 0.119 e. The smallest absolute Gasteiger partial charge is 0.119 e. The number of benzene rings is 1. The van der Waals surface area contributed by atoms with E-state index in [1.807, 2.05) is 12.1 Å². The highest BCUT2D eigenvalue weighted by Crippen LogP contribution is 2.36. The van der Waals surface area contributed by atoms with Gasteiger partial charge in [0.15, 0.2) is 0 Å². The molecule has 0 amide bonds. The fourth-order valence-electron chi connectivity index (χ4n) is 3.03. The van der Waals surface area contributed by atoms with Gasteiger partial charge in [-0.25, -0.2) is 0 Å². The molecule has 0 fully saturated rings. The van der Waals surface area contributed by atoms with Crippen molar-refractivity contribution in [3.8, 4) is 5.75 Å². The van der Waals surface area contributed by atoms with Crippen molar-refractivity contribution in [2.45, 2.75) is 46.5 Å². The van der Waals surface area contributed by atoms with Gasteiger partial charge in [-0.3, -0.25) is 0 Å². The normalized spacial score (nSPS) is 12.4. The summed E-state index contributed by atoms with van der Waals surface area (Å²) in [4.78, 5) is 0. The molecule has 1 aromatic rings. The molecule has 24 heavy (non-hydrogen) atoms. The molecule has 0 aromatic heterocycles. The molecule has 1 rings (SSSR count). The average Bonchev–Trinajstić information content (AvgIpc) is 2.48. The number of hydrogen-bond donors (Lipinski definition) is 0. The van der Waals surface area contributed by atoms with Crippen molar-refractivity contribution in [2.75, 3.05) is 38.9 Å². The van der Waals surface area contributed by atoms with Gasteiger partial charge in [-0.1, -0.05) is 46.8 Å². The van der Waals surface area contributed by atoms with E-state index in [-0.39, 0.29) is 5.41 Å². The second-order valence-corrected chi connectivity index (χ2v) is 8.29. The Labute approximate surface area is 152 Å². The Hall–Kier alpha value is -0.770. The lowest BCUT2D eigenvalue weighted by molar-refractivity contribution is 0.0410. The maximum atomic E-state index is 5.72. The molecule has 0 heterocycles. The van der Waals surface area contributed by atoms with Crippen molar-refractivity contribution in [3.63, 3.8) is 0 Å². The van der Waals surface area contributed by atoms with Crippen LogP contribution in [0.25, 0.3) is 0 Å². The fourth-order valence-corrected chi connectivity index (χ4v) is 3.13. The Kier molecular flexibility index (Phi) is 9.11. The molecular formula is C20H33ClO3. The average molecular weight is 357 g/mol. The van der Waals surface area contributed by atoms with Crippen LogP contribution in [0.1, 0.15) is 46.6 Å². The van der Waals surface area contributed by atoms with Gasteiger partial charge in [-0.15, -0.1) is 11.6 Å². The zero-order valence-corrected chi connectivity index (χ0v) is 16.6. The molecule has 0 saturated heterocycles. The number of halogens is 1. The number of alkyl halides is 1. The zero-order valence-electron chi connectivity index (χ0n) is 15.9. The largest absolute Gasteiger partial charge is 0.491 e. The van der Waals surface area contributed by atoms with Gasteiger partial charge in [-0.2, -0.15) is 0 Å². The summed E-state index contributed by atoms with van der Waals surface area (Å²) in [6.07, 6.45) is 1.14. The molecule has 0 atom stereocenters. The number of hydrogen-bond acceptors (Lipinski definition) is 3. The second kappa shape index (κ2) is 10.3. The molecule has 0 N–H and O–H groups in total. The van der Waals surface area contributed by atoms with Crippen LogP contribution in [0.5, 0.6) is 5.75 Å². The van der Waals surface area contributed by atoms with Gasteiger partial charge in [0.2, 0.25) is 0 Å². The Morgan fingerprint density at radius 3 is 1.88 bits per heavy atom. The molecule has 138 valence electrons. The molecule has 0 aliphatic carbocycles. The van der Waals surface area contributed by atoms with Gasteiger partial charge in [0.05, 0.1) is 26.4 Å². The Morgan fingerprint density at radius 1 is 0.792 bits per heavy atom. The van der Waals surface area contributed by atoms with Crippen molar-refractivity contribution in [1.29, 1.82) is 0 Å². The first kappa shape index (κ1) is 21.3. The highest BCUT2D eigenvalue weighted by molar-refractivity contribution is 6.17. The monoisotopic (exact) mass is 356 g/mol. The van der Waals surface area contributed by atoms with E-state index in [9.17, 15) is 0 Å². The predicted molar refractivity (Wildman–Crippen MR) is 101 cm³/mol. The summed E-state index contributed by atoms with van der Waals surface area (Å²) in [7, 11) is 0. The predicted octanol–water partition coefficient (Wildman–Crippen LogP) is 5.05. The minimum atomic E-state index is 0.156. The first-order valence-electron chi connectivity index (χ1n) is 8.69. The fraction of sp³-hybridized carbons (Fsp3) is 0.700. The van der Waals surface area contributed by atoms with Gasteiger partial charge in [0, 0.05) is 5.88 Å². The SMILES string of the molecule is CC(C)(C)CC(C)(C)c1ccc(OCCOCCOCCCl)cc1. The first-order chi connectivity index (χ1) is 11.2. The standard InChI is InChI=1S/C20H33ClO3/c1-19(2,3)16-20(4,5)17-6-8-18(9-7-17)24-15-14-23-13-12-22-11-10-21/h6-9H,10-16H2,1-5H3. The summed E-state index contributed by atoms with van der Waals surface area (Å²) >= 11 is 5.52. The Bertz CT molecular complexity index is 449. The summed E-state index contributed by atoms with van der Waals surface area (Å²) in [6.45, 7) is 14.3. The summed E-state index contributed by atoms with van der Waals surface area (Å²) in [5.41, 5.74) is 1.81. The van der Waals surface area contributed by atoms with Crippen LogP contribution < -0.4 is 4.74 Å². The van der Waals surface area contributed by atoms with E-state index in [0.29, 0.717) is 44.3 Å². The second-order valence-electron chi connectivity index (χ2n) is 7.91. The summed E-state index contributed by atoms with van der Waals surface area (Å²) in [5.74, 6) is 1.40. The molecule has 0 radical (unpaired) electrons. The van der Waals surface area contributed by atoms with Crippen LogP contribution in [0.2, 0.25) is 0 Å². The van der Waals surface area contributed by atoms with E-state index in [1.165, 1.54) is 5.56 Å². The van der Waals surface area contributed by atoms with Crippen molar-refractivity contribution in [2.24, 2.45) is 5.41 Å². The van der Waals surface area contributed by atoms with Crippen LogP contribution in [-0.4, -0.2) is 38.9 Å². The zero-order chi connectivity index (χ0) is 18.1. The molecular weight excluding hydrogens is 324 g/mol. The number of ether oxygens (including phenoxy) is 3. The van der Waals surface area contributed by atoms with E-state index in [4.69, 9.17) is 25.8 Å². The van der Waals surface area contributed by atoms with Gasteiger partial charge < -0.3 is 14.2 Å². The van der Waals surface area contributed by atoms with E-state index in [2.05, 4.69) is 46.8 Å². The van der Waals surface area contributed by atoms with Crippen LogP contribution in [-0.2, 0) is 14.9 Å². The minimum Gasteiger partial charge on any atom is -0.491 e. The highest BCUT2D eigenvalue weighted by atomic mass is 35.5. The molecule has 4 heteroatoms. The van der Waals surface area contributed by atoms with Gasteiger partial charge in [0.1, 0.15) is 12.4 Å². The van der Waals surface area contributed by atoms with Crippen LogP contribution in [0.3, 0.4) is 0 Å². The molecule has 0 spiro atoms. The van der Waals surface area contributed by atoms with Crippen molar-refractivity contribution >= 4 is 11.6 Å². The molecule has 0 aliphatic heterocycles. The molecule has 3 nitrogen and oxygen atoms in total. The van der Waals surface area contributed by atoms with Gasteiger partial charge >= 0.3 is 0 Å². The third-order valence-corrected chi connectivity index (χ3v) is 3.85. The van der Waals surface area contributed by atoms with E-state index in [0.717, 1.165) is 12.2 Å². The summed E-state index contributed by atoms with van der Waals surface area (Å²) in [6, 6.07) is 8.43. The third kappa shape index (κ3) is 8.91. The molecule has 0 unspecified atom stereocenters. The van der Waals surface area contributed by atoms with Crippen LogP contribution in [0.15, 0.2) is 24.3 Å². The topological polar surface area (TPSA) is 27.7 Å². The minimum absolute atomic E-state index is 0.156. The molecule has 1 aromatic carbocycles. The molecule has 0 saturated carbocycles. The lowest BCUT2D eigenvalue weighted by Crippen LogP contribution is -2.24. The summed E-state index contributed by atoms with van der Waals surface area (Å²) in [5, 5.41) is 0. The lowest BCUT2D eigenvalue weighted by Gasteiger charge is -2.33. The molecule has 0 aliphatic rings. The van der Waals surface area contributed by atoms with Crippen LogP contribution >= 0.6 is 11.6 Å². The number of rotatable bonds is 11. The third-order valence-electron chi connectivity index (χ3n) is 3.70. The van der Waals surface area contributed by atoms with Crippen LogP contribution in [0, 0.1) is 5.41 Å². The Balaban J connectivity index is 2.32. The van der Waals surface area contributed by atoms with Gasteiger partial charge in [0.25, 0.3) is 0 Å². The van der Waals surface area contributed by atoms with Crippen LogP contribution in [0.4, 0.5) is 0 Å². The Morgan fingerprint density at radius 2 is 1.33 bits per heavy atom. The quantitative estimate of drug-likeness (QED) is 0.410. The maximum absolute atomic E-state index is 5.72. The highest BCUT2D eigenvalue weighted by Gasteiger charge is 2.27. The van der Waals surface area contributed by atoms with E-state index in [1.54, 1.807) is 0 Å².